The molecule has 2 aliphatic rings. The maximum absolute atomic E-state index is 13.3. The lowest BCUT2D eigenvalue weighted by Gasteiger charge is -2.46. The van der Waals surface area contributed by atoms with E-state index in [0.717, 1.165) is 51.4 Å². The van der Waals surface area contributed by atoms with Gasteiger partial charge < -0.3 is 65.1 Å². The van der Waals surface area contributed by atoms with Crippen molar-refractivity contribution in [2.24, 2.45) is 0 Å². The zero-order valence-corrected chi connectivity index (χ0v) is 52.0. The Morgan fingerprint density at radius 2 is 0.805 bits per heavy atom. The molecule has 0 bridgehead atoms. The molecule has 2 aliphatic heterocycles. The normalized spacial score (nSPS) is 24.2. The van der Waals surface area contributed by atoms with Gasteiger partial charge in [0.15, 0.2) is 12.6 Å². The number of rotatable bonds is 55. The van der Waals surface area contributed by atoms with Crippen molar-refractivity contribution in [1.29, 1.82) is 0 Å². The number of aliphatic hydroxyl groups is 8. The molecule has 480 valence electrons. The second kappa shape index (κ2) is 53.2. The second-order valence-electron chi connectivity index (χ2n) is 24.0. The van der Waals surface area contributed by atoms with Gasteiger partial charge in [0.05, 0.1) is 32.0 Å². The molecule has 12 unspecified atom stereocenters. The molecule has 0 spiro atoms. The standard InChI is InChI=1S/C68H125NO13/c1-3-5-7-9-11-13-15-16-17-18-19-20-21-22-23-24-25-26-27-28-29-30-31-32-33-34-35-36-37-38-39-40-42-44-46-48-50-52-60(73)69-56(57(72)51-49-47-45-43-41-14-12-10-8-6-4-2)55-79-67-65(78)63(76)66(59(54-71)81-67)82-68-64(77)62(75)61(74)58(53-70)80-68/h15-16,18-19,21-22,49,51,56-59,61-68,70-72,74-78H,3-14,17,20,23-48,50,52-55H2,1-2H3,(H,69,73)/b16-15-,19-18-,22-21-,51-49+. The summed E-state index contributed by atoms with van der Waals surface area (Å²) < 4.78 is 22.8. The third kappa shape index (κ3) is 37.5. The van der Waals surface area contributed by atoms with Gasteiger partial charge in [-0.15, -0.1) is 0 Å². The molecule has 2 rings (SSSR count). The molecule has 1 amide bonds. The quantitative estimate of drug-likeness (QED) is 0.0204. The van der Waals surface area contributed by atoms with Crippen molar-refractivity contribution in [1.82, 2.24) is 5.32 Å². The molecule has 0 aromatic carbocycles. The molecule has 2 heterocycles. The predicted octanol–water partition coefficient (Wildman–Crippen LogP) is 13.1. The summed E-state index contributed by atoms with van der Waals surface area (Å²) in [4.78, 5) is 13.3. The number of allylic oxidation sites excluding steroid dienone is 7. The molecular formula is C68H125NO13. The minimum atomic E-state index is -1.79. The first-order valence-electron chi connectivity index (χ1n) is 33.9. The van der Waals surface area contributed by atoms with Crippen molar-refractivity contribution in [2.45, 2.75) is 357 Å². The zero-order chi connectivity index (χ0) is 59.5. The number of carbonyl (C=O) groups excluding carboxylic acids is 1. The van der Waals surface area contributed by atoms with Gasteiger partial charge in [0.1, 0.15) is 48.8 Å². The lowest BCUT2D eigenvalue weighted by atomic mass is 9.97. The number of hydrogen-bond donors (Lipinski definition) is 9. The molecular weight excluding hydrogens is 1040 g/mol. The van der Waals surface area contributed by atoms with Gasteiger partial charge in [-0.25, -0.2) is 0 Å². The Hall–Kier alpha value is -2.05. The van der Waals surface area contributed by atoms with E-state index >= 15 is 0 Å². The van der Waals surface area contributed by atoms with Crippen molar-refractivity contribution >= 4 is 5.91 Å². The number of aliphatic hydroxyl groups excluding tert-OH is 8. The highest BCUT2D eigenvalue weighted by atomic mass is 16.7. The lowest BCUT2D eigenvalue weighted by Crippen LogP contribution is -2.65. The van der Waals surface area contributed by atoms with Crippen LogP contribution in [-0.2, 0) is 23.7 Å². The van der Waals surface area contributed by atoms with E-state index in [-0.39, 0.29) is 18.9 Å². The molecule has 2 fully saturated rings. The maximum Gasteiger partial charge on any atom is 0.220 e. The van der Waals surface area contributed by atoms with Gasteiger partial charge in [-0.3, -0.25) is 4.79 Å². The van der Waals surface area contributed by atoms with Crippen LogP contribution in [0.15, 0.2) is 48.6 Å². The monoisotopic (exact) mass is 1160 g/mol. The van der Waals surface area contributed by atoms with Gasteiger partial charge in [0, 0.05) is 6.42 Å². The number of unbranched alkanes of at least 4 members (excludes halogenated alkanes) is 36. The van der Waals surface area contributed by atoms with E-state index in [4.69, 9.17) is 18.9 Å². The molecule has 0 radical (unpaired) electrons. The fraction of sp³-hybridized carbons (Fsp3) is 0.868. The first-order chi connectivity index (χ1) is 40.1. The first kappa shape index (κ1) is 76.0. The molecule has 0 aromatic rings. The molecule has 14 heteroatoms. The Bertz CT molecular complexity index is 1560. The third-order valence-corrected chi connectivity index (χ3v) is 16.5. The van der Waals surface area contributed by atoms with Gasteiger partial charge in [0.25, 0.3) is 0 Å². The van der Waals surface area contributed by atoms with E-state index in [2.05, 4.69) is 55.6 Å². The van der Waals surface area contributed by atoms with E-state index in [0.29, 0.717) is 6.42 Å². The Labute approximate surface area is 499 Å². The van der Waals surface area contributed by atoms with Gasteiger partial charge in [-0.2, -0.15) is 0 Å². The molecule has 12 atom stereocenters. The molecule has 9 N–H and O–H groups in total. The summed E-state index contributed by atoms with van der Waals surface area (Å²) in [5, 5.41) is 87.0. The average Bonchev–Trinajstić information content (AvgIpc) is 3.22. The van der Waals surface area contributed by atoms with Crippen LogP contribution in [-0.4, -0.2) is 140 Å². The number of amides is 1. The Morgan fingerprint density at radius 1 is 0.439 bits per heavy atom. The van der Waals surface area contributed by atoms with E-state index in [1.54, 1.807) is 6.08 Å². The summed E-state index contributed by atoms with van der Waals surface area (Å²) in [7, 11) is 0. The van der Waals surface area contributed by atoms with Gasteiger partial charge in [-0.05, 0) is 57.8 Å². The van der Waals surface area contributed by atoms with Crippen LogP contribution in [0, 0.1) is 0 Å². The topological polar surface area (TPSA) is 228 Å². The summed E-state index contributed by atoms with van der Waals surface area (Å²) >= 11 is 0. The van der Waals surface area contributed by atoms with Gasteiger partial charge in [-0.1, -0.05) is 268 Å². The number of hydrogen-bond acceptors (Lipinski definition) is 13. The van der Waals surface area contributed by atoms with Crippen LogP contribution < -0.4 is 5.32 Å². The largest absolute Gasteiger partial charge is 0.394 e. The SMILES string of the molecule is CCCCCCC/C=C\C/C=C\C/C=C\CCCCCCCCCCCCCCCCCCCCCCCCC(=O)NC(COC1OC(CO)C(OC2OC(CO)C(O)C(O)C2O)C(O)C1O)C(O)/C=C/CCCCCCCCCCC. The molecule has 2 saturated heterocycles. The smallest absolute Gasteiger partial charge is 0.220 e. The van der Waals surface area contributed by atoms with E-state index in [9.17, 15) is 45.6 Å². The minimum absolute atomic E-state index is 0.237. The van der Waals surface area contributed by atoms with Gasteiger partial charge in [0.2, 0.25) is 5.91 Å². The maximum atomic E-state index is 13.3. The van der Waals surface area contributed by atoms with Crippen LogP contribution >= 0.6 is 0 Å². The number of carbonyl (C=O) groups is 1. The molecule has 0 aliphatic carbocycles. The zero-order valence-electron chi connectivity index (χ0n) is 52.0. The van der Waals surface area contributed by atoms with Crippen LogP contribution in [0.5, 0.6) is 0 Å². The average molecular weight is 1160 g/mol. The number of nitrogens with one attached hydrogen (secondary N) is 1. The second-order valence-corrected chi connectivity index (χ2v) is 24.0. The van der Waals surface area contributed by atoms with Crippen molar-refractivity contribution in [3.8, 4) is 0 Å². The molecule has 82 heavy (non-hydrogen) atoms. The Balaban J connectivity index is 1.56. The van der Waals surface area contributed by atoms with E-state index < -0.39 is 86.8 Å². The lowest BCUT2D eigenvalue weighted by molar-refractivity contribution is -0.359. The first-order valence-corrected chi connectivity index (χ1v) is 33.9. The summed E-state index contributed by atoms with van der Waals surface area (Å²) in [6, 6.07) is -0.912. The van der Waals surface area contributed by atoms with Crippen molar-refractivity contribution in [3.05, 3.63) is 48.6 Å². The van der Waals surface area contributed by atoms with Crippen molar-refractivity contribution in [2.75, 3.05) is 19.8 Å². The minimum Gasteiger partial charge on any atom is -0.394 e. The Morgan fingerprint density at radius 3 is 1.23 bits per heavy atom. The van der Waals surface area contributed by atoms with Crippen LogP contribution in [0.2, 0.25) is 0 Å². The van der Waals surface area contributed by atoms with Crippen molar-refractivity contribution in [3.63, 3.8) is 0 Å². The third-order valence-electron chi connectivity index (χ3n) is 16.5. The van der Waals surface area contributed by atoms with Crippen LogP contribution in [0.4, 0.5) is 0 Å². The predicted molar refractivity (Wildman–Crippen MR) is 332 cm³/mol. The molecule has 0 saturated carbocycles. The van der Waals surface area contributed by atoms with E-state index in [1.165, 1.54) is 205 Å². The van der Waals surface area contributed by atoms with Crippen molar-refractivity contribution < 1.29 is 64.6 Å². The van der Waals surface area contributed by atoms with E-state index in [1.807, 2.05) is 6.08 Å². The fourth-order valence-corrected chi connectivity index (χ4v) is 11.1. The van der Waals surface area contributed by atoms with Crippen LogP contribution in [0.25, 0.3) is 0 Å². The van der Waals surface area contributed by atoms with Crippen LogP contribution in [0.3, 0.4) is 0 Å². The summed E-state index contributed by atoms with van der Waals surface area (Å²) in [6.45, 7) is 2.78. The summed E-state index contributed by atoms with van der Waals surface area (Å²) in [5.74, 6) is -0.237. The van der Waals surface area contributed by atoms with Crippen LogP contribution in [0.1, 0.15) is 284 Å². The molecule has 0 aromatic heterocycles. The molecule has 14 nitrogen and oxygen atoms in total. The Kier molecular flexibility index (Phi) is 49.3. The van der Waals surface area contributed by atoms with Gasteiger partial charge >= 0.3 is 0 Å². The summed E-state index contributed by atoms with van der Waals surface area (Å²) in [5.41, 5.74) is 0. The fourth-order valence-electron chi connectivity index (χ4n) is 11.1. The highest BCUT2D eigenvalue weighted by Crippen LogP contribution is 2.30. The highest BCUT2D eigenvalue weighted by molar-refractivity contribution is 5.76. The highest BCUT2D eigenvalue weighted by Gasteiger charge is 2.51. The number of ether oxygens (including phenoxy) is 4. The summed E-state index contributed by atoms with van der Waals surface area (Å²) in [6.07, 6.45) is 52.0.